The van der Waals surface area contributed by atoms with Gasteiger partial charge in [0.2, 0.25) is 15.9 Å². The van der Waals surface area contributed by atoms with Crippen molar-refractivity contribution in [1.82, 2.24) is 20.7 Å². The van der Waals surface area contributed by atoms with Crippen LogP contribution in [0.4, 0.5) is 0 Å². The zero-order chi connectivity index (χ0) is 27.8. The molecule has 3 aromatic carbocycles. The Morgan fingerprint density at radius 3 is 2.44 bits per heavy atom. The zero-order valence-corrected chi connectivity index (χ0v) is 21.8. The SMILES string of the molecule is O=C(CCc1ccc(C(=O)NC[C@H](NS(=O)(=O)c2ccc3ccccc3c2)C(=O)O)cc1)NC1=NCCCN1. The van der Waals surface area contributed by atoms with Gasteiger partial charge in [-0.3, -0.25) is 24.7 Å². The van der Waals surface area contributed by atoms with E-state index in [1.54, 1.807) is 42.5 Å². The van der Waals surface area contributed by atoms with E-state index in [2.05, 4.69) is 25.7 Å². The monoisotopic (exact) mass is 551 g/mol. The summed E-state index contributed by atoms with van der Waals surface area (Å²) < 4.78 is 27.8. The van der Waals surface area contributed by atoms with Crippen LogP contribution in [-0.4, -0.2) is 62.9 Å². The highest BCUT2D eigenvalue weighted by Gasteiger charge is 2.26. The number of carbonyl (C=O) groups excluding carboxylic acids is 2. The third-order valence-electron chi connectivity index (χ3n) is 6.11. The van der Waals surface area contributed by atoms with Gasteiger partial charge in [-0.2, -0.15) is 4.72 Å². The largest absolute Gasteiger partial charge is 0.480 e. The highest BCUT2D eigenvalue weighted by atomic mass is 32.2. The fraction of sp³-hybridized carbons (Fsp3) is 0.259. The summed E-state index contributed by atoms with van der Waals surface area (Å²) in [7, 11) is -4.16. The van der Waals surface area contributed by atoms with Gasteiger partial charge in [-0.05, 0) is 53.4 Å². The first kappa shape index (κ1) is 27.7. The Balaban J connectivity index is 1.30. The summed E-state index contributed by atoms with van der Waals surface area (Å²) in [6.45, 7) is 0.989. The molecular formula is C27H29N5O6S. The molecule has 11 nitrogen and oxygen atoms in total. The van der Waals surface area contributed by atoms with Gasteiger partial charge < -0.3 is 15.7 Å². The van der Waals surface area contributed by atoms with Crippen LogP contribution in [-0.2, 0) is 26.0 Å². The van der Waals surface area contributed by atoms with Crippen LogP contribution < -0.4 is 20.7 Å². The summed E-state index contributed by atoms with van der Waals surface area (Å²) in [4.78, 5) is 40.6. The van der Waals surface area contributed by atoms with Gasteiger partial charge in [-0.25, -0.2) is 8.42 Å². The lowest BCUT2D eigenvalue weighted by Gasteiger charge is -2.16. The number of carbonyl (C=O) groups is 3. The Morgan fingerprint density at radius 1 is 1.00 bits per heavy atom. The van der Waals surface area contributed by atoms with Crippen molar-refractivity contribution in [2.45, 2.75) is 30.2 Å². The minimum atomic E-state index is -4.16. The Hall–Kier alpha value is -4.29. The number of rotatable bonds is 10. The number of benzene rings is 3. The zero-order valence-electron chi connectivity index (χ0n) is 21.0. The quantitative estimate of drug-likeness (QED) is 0.254. The number of nitrogens with one attached hydrogen (secondary N) is 4. The minimum absolute atomic E-state index is 0.0777. The van der Waals surface area contributed by atoms with Gasteiger partial charge in [-0.15, -0.1) is 0 Å². The first-order chi connectivity index (χ1) is 18.7. The van der Waals surface area contributed by atoms with Crippen LogP contribution >= 0.6 is 0 Å². The summed E-state index contributed by atoms with van der Waals surface area (Å²) in [5.41, 5.74) is 1.11. The van der Waals surface area contributed by atoms with Gasteiger partial charge in [0.15, 0.2) is 5.96 Å². The Bertz CT molecular complexity index is 1500. The van der Waals surface area contributed by atoms with Gasteiger partial charge in [0.05, 0.1) is 4.90 Å². The molecule has 0 bridgehead atoms. The first-order valence-electron chi connectivity index (χ1n) is 12.4. The molecule has 1 aliphatic rings. The number of nitrogens with zero attached hydrogens (tertiary/aromatic N) is 1. The molecule has 0 radical (unpaired) electrons. The Kier molecular flexibility index (Phi) is 8.89. The summed E-state index contributed by atoms with van der Waals surface area (Å²) in [5.74, 6) is -1.67. The van der Waals surface area contributed by atoms with E-state index in [9.17, 15) is 27.9 Å². The summed E-state index contributed by atoms with van der Waals surface area (Å²) in [6, 6.07) is 16.6. The van der Waals surface area contributed by atoms with Crippen molar-refractivity contribution < 1.29 is 27.9 Å². The van der Waals surface area contributed by atoms with Gasteiger partial charge in [-0.1, -0.05) is 42.5 Å². The normalized spacial score (nSPS) is 14.1. The first-order valence-corrected chi connectivity index (χ1v) is 13.9. The van der Waals surface area contributed by atoms with E-state index in [1.165, 1.54) is 12.1 Å². The number of aryl methyl sites for hydroxylation is 1. The molecule has 1 heterocycles. The smallest absolute Gasteiger partial charge is 0.323 e. The van der Waals surface area contributed by atoms with E-state index in [0.29, 0.717) is 24.3 Å². The van der Waals surface area contributed by atoms with E-state index in [4.69, 9.17) is 0 Å². The highest BCUT2D eigenvalue weighted by molar-refractivity contribution is 7.89. The summed E-state index contributed by atoms with van der Waals surface area (Å²) >= 11 is 0. The summed E-state index contributed by atoms with van der Waals surface area (Å²) in [6.07, 6.45) is 1.62. The second-order valence-corrected chi connectivity index (χ2v) is 10.7. The van der Waals surface area contributed by atoms with Crippen LogP contribution in [0, 0.1) is 0 Å². The average Bonchev–Trinajstić information content (AvgIpc) is 2.94. The van der Waals surface area contributed by atoms with Gasteiger partial charge in [0.1, 0.15) is 6.04 Å². The van der Waals surface area contributed by atoms with Gasteiger partial charge >= 0.3 is 5.97 Å². The van der Waals surface area contributed by atoms with Crippen LogP contribution in [0.3, 0.4) is 0 Å². The number of carboxylic acids is 1. The molecule has 0 unspecified atom stereocenters. The number of hydrogen-bond acceptors (Lipinski definition) is 7. The molecule has 12 heteroatoms. The van der Waals surface area contributed by atoms with Crippen LogP contribution in [0.15, 0.2) is 76.6 Å². The van der Waals surface area contributed by atoms with E-state index in [1.807, 2.05) is 12.1 Å². The lowest BCUT2D eigenvalue weighted by molar-refractivity contribution is -0.138. The molecule has 0 aromatic heterocycles. The molecule has 5 N–H and O–H groups in total. The maximum atomic E-state index is 12.8. The molecule has 0 saturated heterocycles. The molecule has 0 aliphatic carbocycles. The Labute approximate surface area is 225 Å². The molecule has 0 saturated carbocycles. The molecule has 1 atom stereocenters. The van der Waals surface area contributed by atoms with Crippen molar-refractivity contribution in [2.75, 3.05) is 19.6 Å². The van der Waals surface area contributed by atoms with Crippen LogP contribution in [0.2, 0.25) is 0 Å². The van der Waals surface area contributed by atoms with E-state index < -0.39 is 34.5 Å². The molecule has 0 fully saturated rings. The fourth-order valence-corrected chi connectivity index (χ4v) is 5.18. The number of fused-ring (bicyclic) bond motifs is 1. The number of guanidine groups is 1. The Morgan fingerprint density at radius 2 is 1.74 bits per heavy atom. The second kappa shape index (κ2) is 12.5. The number of aliphatic carboxylic acids is 1. The lowest BCUT2D eigenvalue weighted by Crippen LogP contribution is -2.48. The predicted molar refractivity (Wildman–Crippen MR) is 146 cm³/mol. The van der Waals surface area contributed by atoms with Crippen LogP contribution in [0.1, 0.15) is 28.8 Å². The number of sulfonamides is 1. The molecule has 204 valence electrons. The third-order valence-corrected chi connectivity index (χ3v) is 7.57. The maximum absolute atomic E-state index is 12.8. The number of aliphatic imine (C=N–C) groups is 1. The standard InChI is InChI=1S/C27H29N5O6S/c33-24(31-27-28-14-3-15-29-27)13-8-18-6-9-20(10-7-18)25(34)30-17-23(26(35)36)32-39(37,38)22-12-11-19-4-1-2-5-21(19)16-22/h1-2,4-7,9-12,16,23,32H,3,8,13-15,17H2,(H,30,34)(H,35,36)(H2,28,29,31,33)/t23-/m0/s1. The number of carboxylic acid groups (broad SMARTS) is 1. The molecule has 2 amide bonds. The topological polar surface area (TPSA) is 166 Å². The molecular weight excluding hydrogens is 522 g/mol. The maximum Gasteiger partial charge on any atom is 0.323 e. The van der Waals surface area contributed by atoms with Crippen molar-refractivity contribution >= 4 is 44.5 Å². The lowest BCUT2D eigenvalue weighted by atomic mass is 10.1. The van der Waals surface area contributed by atoms with Crippen molar-refractivity contribution in [3.8, 4) is 0 Å². The molecule has 1 aliphatic heterocycles. The minimum Gasteiger partial charge on any atom is -0.480 e. The van der Waals surface area contributed by atoms with Crippen LogP contribution in [0.5, 0.6) is 0 Å². The highest BCUT2D eigenvalue weighted by Crippen LogP contribution is 2.19. The van der Waals surface area contributed by atoms with E-state index >= 15 is 0 Å². The fourth-order valence-electron chi connectivity index (χ4n) is 3.96. The third kappa shape index (κ3) is 7.62. The average molecular weight is 552 g/mol. The van der Waals surface area contributed by atoms with Gasteiger partial charge in [0, 0.05) is 31.6 Å². The van der Waals surface area contributed by atoms with Crippen molar-refractivity contribution in [1.29, 1.82) is 0 Å². The summed E-state index contributed by atoms with van der Waals surface area (Å²) in [5, 5.41) is 19.3. The van der Waals surface area contributed by atoms with E-state index in [0.717, 1.165) is 23.9 Å². The van der Waals surface area contributed by atoms with Gasteiger partial charge in [0.25, 0.3) is 5.91 Å². The molecule has 3 aromatic rings. The van der Waals surface area contributed by atoms with Crippen molar-refractivity contribution in [3.05, 3.63) is 77.9 Å². The van der Waals surface area contributed by atoms with Crippen molar-refractivity contribution in [2.24, 2.45) is 4.99 Å². The van der Waals surface area contributed by atoms with Crippen LogP contribution in [0.25, 0.3) is 10.8 Å². The van der Waals surface area contributed by atoms with E-state index in [-0.39, 0.29) is 22.8 Å². The number of amides is 2. The predicted octanol–water partition coefficient (Wildman–Crippen LogP) is 1.40. The molecule has 39 heavy (non-hydrogen) atoms. The molecule has 4 rings (SSSR count). The molecule has 0 spiro atoms. The van der Waals surface area contributed by atoms with Crippen molar-refractivity contribution in [3.63, 3.8) is 0 Å². The second-order valence-electron chi connectivity index (χ2n) is 8.99. The number of hydrogen-bond donors (Lipinski definition) is 5.